The Balaban J connectivity index is 1.14. The summed E-state index contributed by atoms with van der Waals surface area (Å²) in [6.07, 6.45) is 0. The van der Waals surface area contributed by atoms with Crippen molar-refractivity contribution < 1.29 is 4.42 Å². The largest absolute Gasteiger partial charge is 0.456 e. The maximum absolute atomic E-state index is 6.33. The predicted octanol–water partition coefficient (Wildman–Crippen LogP) is 16.1. The highest BCUT2D eigenvalue weighted by Gasteiger charge is 2.23. The van der Waals surface area contributed by atoms with Crippen LogP contribution in [-0.2, 0) is 0 Å². The number of rotatable bonds is 7. The van der Waals surface area contributed by atoms with Gasteiger partial charge in [-0.2, -0.15) is 0 Å². The summed E-state index contributed by atoms with van der Waals surface area (Å²) in [5.41, 5.74) is 14.4. The number of nitrogens with zero attached hydrogens (tertiary/aromatic N) is 1. The Labute approximate surface area is 335 Å². The van der Waals surface area contributed by atoms with Gasteiger partial charge in [0, 0.05) is 47.9 Å². The first-order valence-corrected chi connectivity index (χ1v) is 20.1. The first-order valence-electron chi connectivity index (χ1n) is 19.3. The van der Waals surface area contributed by atoms with Crippen LogP contribution in [0.3, 0.4) is 0 Å². The van der Waals surface area contributed by atoms with Gasteiger partial charge in [0.2, 0.25) is 0 Å². The highest BCUT2D eigenvalue weighted by molar-refractivity contribution is 7.25. The summed E-state index contributed by atoms with van der Waals surface area (Å²) < 4.78 is 8.95. The Morgan fingerprint density at radius 1 is 0.333 bits per heavy atom. The molecule has 11 rings (SSSR count). The highest BCUT2D eigenvalue weighted by atomic mass is 32.1. The van der Waals surface area contributed by atoms with Gasteiger partial charge in [0.15, 0.2) is 0 Å². The number of benzene rings is 9. The fourth-order valence-electron chi connectivity index (χ4n) is 8.43. The van der Waals surface area contributed by atoms with Crippen molar-refractivity contribution in [1.82, 2.24) is 0 Å². The second-order valence-electron chi connectivity index (χ2n) is 14.4. The molecule has 0 amide bonds. The Bertz CT molecular complexity index is 3230. The SMILES string of the molecule is c1ccc(-c2ccccc2-c2c(-c3ccccc3)cccc2N(c2ccc(-c3ccc4c(c3)sc3ccccc34)cc2)c2ccc3oc4ccccc4c3c2)cc1. The van der Waals surface area contributed by atoms with E-state index in [1.54, 1.807) is 0 Å². The van der Waals surface area contributed by atoms with Crippen molar-refractivity contribution in [2.75, 3.05) is 4.90 Å². The second-order valence-corrected chi connectivity index (χ2v) is 15.5. The van der Waals surface area contributed by atoms with Gasteiger partial charge in [-0.1, -0.05) is 158 Å². The van der Waals surface area contributed by atoms with Crippen molar-refractivity contribution in [2.45, 2.75) is 0 Å². The number of hydrogen-bond donors (Lipinski definition) is 0. The first kappa shape index (κ1) is 33.2. The van der Waals surface area contributed by atoms with Crippen LogP contribution in [0.4, 0.5) is 17.1 Å². The minimum Gasteiger partial charge on any atom is -0.456 e. The van der Waals surface area contributed by atoms with E-state index in [1.165, 1.54) is 64.7 Å². The molecule has 0 fully saturated rings. The van der Waals surface area contributed by atoms with E-state index in [1.807, 2.05) is 23.5 Å². The van der Waals surface area contributed by atoms with Crippen LogP contribution in [-0.4, -0.2) is 0 Å². The normalized spacial score (nSPS) is 11.5. The molecular formula is C54H35NOS. The number of furan rings is 1. The van der Waals surface area contributed by atoms with Crippen molar-refractivity contribution in [1.29, 1.82) is 0 Å². The zero-order valence-electron chi connectivity index (χ0n) is 31.0. The summed E-state index contributed by atoms with van der Waals surface area (Å²) in [5, 5.41) is 4.83. The van der Waals surface area contributed by atoms with Crippen LogP contribution in [0.15, 0.2) is 217 Å². The summed E-state index contributed by atoms with van der Waals surface area (Å²) >= 11 is 1.86. The zero-order chi connectivity index (χ0) is 37.7. The number of para-hydroxylation sites is 1. The topological polar surface area (TPSA) is 16.4 Å². The van der Waals surface area contributed by atoms with Gasteiger partial charge >= 0.3 is 0 Å². The summed E-state index contributed by atoms with van der Waals surface area (Å²) in [6.45, 7) is 0. The van der Waals surface area contributed by atoms with E-state index in [2.05, 4.69) is 205 Å². The minimum atomic E-state index is 0.875. The molecule has 0 spiro atoms. The molecule has 0 unspecified atom stereocenters. The number of anilines is 3. The number of fused-ring (bicyclic) bond motifs is 6. The van der Waals surface area contributed by atoms with Crippen LogP contribution in [0, 0.1) is 0 Å². The quantitative estimate of drug-likeness (QED) is 0.162. The van der Waals surface area contributed by atoms with Gasteiger partial charge in [-0.25, -0.2) is 0 Å². The molecule has 9 aromatic carbocycles. The van der Waals surface area contributed by atoms with E-state index in [-0.39, 0.29) is 0 Å². The average Bonchev–Trinajstić information content (AvgIpc) is 3.85. The zero-order valence-corrected chi connectivity index (χ0v) is 31.8. The second kappa shape index (κ2) is 13.8. The molecule has 0 aliphatic rings. The third-order valence-corrected chi connectivity index (χ3v) is 12.2. The van der Waals surface area contributed by atoms with Crippen molar-refractivity contribution in [2.24, 2.45) is 0 Å². The van der Waals surface area contributed by atoms with E-state index in [4.69, 9.17) is 4.42 Å². The molecule has 0 atom stereocenters. The highest BCUT2D eigenvalue weighted by Crippen LogP contribution is 2.49. The smallest absolute Gasteiger partial charge is 0.135 e. The molecule has 2 aromatic heterocycles. The van der Waals surface area contributed by atoms with Crippen molar-refractivity contribution in [3.05, 3.63) is 212 Å². The molecule has 0 saturated carbocycles. The summed E-state index contributed by atoms with van der Waals surface area (Å²) in [7, 11) is 0. The average molecular weight is 746 g/mol. The predicted molar refractivity (Wildman–Crippen MR) is 243 cm³/mol. The molecule has 0 aliphatic heterocycles. The molecular weight excluding hydrogens is 711 g/mol. The van der Waals surface area contributed by atoms with Crippen LogP contribution in [0.2, 0.25) is 0 Å². The van der Waals surface area contributed by atoms with Crippen molar-refractivity contribution >= 4 is 70.5 Å². The van der Waals surface area contributed by atoms with Crippen LogP contribution >= 0.6 is 11.3 Å². The Morgan fingerprint density at radius 3 is 1.74 bits per heavy atom. The van der Waals surface area contributed by atoms with Gasteiger partial charge in [-0.05, 0) is 93.5 Å². The third-order valence-electron chi connectivity index (χ3n) is 11.1. The molecule has 57 heavy (non-hydrogen) atoms. The lowest BCUT2D eigenvalue weighted by molar-refractivity contribution is 0.669. The van der Waals surface area contributed by atoms with Crippen LogP contribution in [0.5, 0.6) is 0 Å². The maximum atomic E-state index is 6.33. The van der Waals surface area contributed by atoms with Gasteiger partial charge in [0.05, 0.1) is 5.69 Å². The molecule has 0 saturated heterocycles. The molecule has 0 N–H and O–H groups in total. The van der Waals surface area contributed by atoms with E-state index in [0.717, 1.165) is 39.0 Å². The maximum Gasteiger partial charge on any atom is 0.135 e. The fourth-order valence-corrected chi connectivity index (χ4v) is 9.57. The van der Waals surface area contributed by atoms with Crippen LogP contribution in [0.1, 0.15) is 0 Å². The summed E-state index contributed by atoms with van der Waals surface area (Å²) in [6, 6.07) is 76.5. The van der Waals surface area contributed by atoms with Gasteiger partial charge in [-0.15, -0.1) is 11.3 Å². The molecule has 0 bridgehead atoms. The lowest BCUT2D eigenvalue weighted by Gasteiger charge is -2.30. The molecule has 0 radical (unpaired) electrons. The lowest BCUT2D eigenvalue weighted by Crippen LogP contribution is -2.12. The minimum absolute atomic E-state index is 0.875. The Morgan fingerprint density at radius 2 is 0.930 bits per heavy atom. The molecule has 0 aliphatic carbocycles. The number of thiophene rings is 1. The lowest BCUT2D eigenvalue weighted by atomic mass is 9.87. The first-order chi connectivity index (χ1) is 28.3. The van der Waals surface area contributed by atoms with Crippen molar-refractivity contribution in [3.8, 4) is 44.5 Å². The summed E-state index contributed by atoms with van der Waals surface area (Å²) in [4.78, 5) is 2.42. The Hall–Kier alpha value is -7.20. The number of hydrogen-bond acceptors (Lipinski definition) is 3. The Kier molecular flexibility index (Phi) is 8.04. The van der Waals surface area contributed by atoms with Crippen LogP contribution in [0.25, 0.3) is 86.6 Å². The van der Waals surface area contributed by atoms with Gasteiger partial charge in [-0.3, -0.25) is 0 Å². The molecule has 11 aromatic rings. The monoisotopic (exact) mass is 745 g/mol. The van der Waals surface area contributed by atoms with E-state index in [0.29, 0.717) is 0 Å². The van der Waals surface area contributed by atoms with Crippen molar-refractivity contribution in [3.63, 3.8) is 0 Å². The van der Waals surface area contributed by atoms with Gasteiger partial charge in [0.25, 0.3) is 0 Å². The molecule has 3 heteroatoms. The molecule has 2 nitrogen and oxygen atoms in total. The van der Waals surface area contributed by atoms with Gasteiger partial charge < -0.3 is 9.32 Å². The van der Waals surface area contributed by atoms with E-state index < -0.39 is 0 Å². The summed E-state index contributed by atoms with van der Waals surface area (Å²) in [5.74, 6) is 0. The van der Waals surface area contributed by atoms with Crippen LogP contribution < -0.4 is 4.90 Å². The van der Waals surface area contributed by atoms with E-state index >= 15 is 0 Å². The molecule has 2 heterocycles. The van der Waals surface area contributed by atoms with E-state index in [9.17, 15) is 0 Å². The van der Waals surface area contributed by atoms with Gasteiger partial charge in [0.1, 0.15) is 11.2 Å². The molecule has 268 valence electrons. The standard InChI is InChI=1S/C54H35NOS/c1-3-14-37(15-4-1)42-18-7-8-21-47(42)54-43(38-16-5-2-6-17-38)22-13-23-49(54)55(41-31-33-51-48(35-41)44-19-9-11-24-50(44)56-51)40-29-26-36(27-30-40)39-28-32-46-45-20-10-12-25-52(45)57-53(46)34-39/h1-35H. The fraction of sp³-hybridized carbons (Fsp3) is 0. The third kappa shape index (κ3) is 5.80.